The van der Waals surface area contributed by atoms with Gasteiger partial charge in [-0.2, -0.15) is 0 Å². The SMILES string of the molecule is CCOCc1nc2c(NC(=O)OCC)nc3ccccc3c2n1CC(C)(C)NS(C)(=O)=O. The smallest absolute Gasteiger partial charge is 0.412 e. The van der Waals surface area contributed by atoms with Crippen LogP contribution < -0.4 is 10.0 Å². The highest BCUT2D eigenvalue weighted by atomic mass is 32.2. The maximum absolute atomic E-state index is 12.1. The van der Waals surface area contributed by atoms with Crippen LogP contribution in [0.15, 0.2) is 24.3 Å². The predicted molar refractivity (Wildman–Crippen MR) is 123 cm³/mol. The van der Waals surface area contributed by atoms with Crippen molar-refractivity contribution in [2.75, 3.05) is 24.8 Å². The number of nitrogens with zero attached hydrogens (tertiary/aromatic N) is 3. The van der Waals surface area contributed by atoms with Crippen LogP contribution in [-0.4, -0.2) is 54.1 Å². The van der Waals surface area contributed by atoms with Gasteiger partial charge in [0.15, 0.2) is 5.82 Å². The van der Waals surface area contributed by atoms with Gasteiger partial charge in [-0.1, -0.05) is 18.2 Å². The highest BCUT2D eigenvalue weighted by Crippen LogP contribution is 2.31. The van der Waals surface area contributed by atoms with E-state index in [0.29, 0.717) is 23.5 Å². The second-order valence-corrected chi connectivity index (χ2v) is 9.78. The van der Waals surface area contributed by atoms with Crippen LogP contribution in [0.3, 0.4) is 0 Å². The van der Waals surface area contributed by atoms with Crippen molar-refractivity contribution < 1.29 is 22.7 Å². The largest absolute Gasteiger partial charge is 0.450 e. The molecule has 0 aliphatic heterocycles. The van der Waals surface area contributed by atoms with E-state index in [4.69, 9.17) is 14.5 Å². The number of pyridine rings is 1. The number of rotatable bonds is 9. The normalized spacial score (nSPS) is 12.4. The number of carbonyl (C=O) groups is 1. The van der Waals surface area contributed by atoms with Crippen LogP contribution in [0.25, 0.3) is 21.9 Å². The molecule has 0 radical (unpaired) electrons. The standard InChI is InChI=1S/C21H29N5O5S/c1-6-30-12-16-23-17-18(26(16)13-21(3,4)25-32(5,28)29)14-10-8-9-11-15(14)22-19(17)24-20(27)31-7-2/h8-11,25H,6-7,12-13H2,1-5H3,(H,22,24,27). The Labute approximate surface area is 187 Å². The third-order valence-corrected chi connectivity index (χ3v) is 5.53. The molecule has 3 rings (SSSR count). The quantitative estimate of drug-likeness (QED) is 0.500. The second-order valence-electron chi connectivity index (χ2n) is 8.03. The number of fused-ring (bicyclic) bond motifs is 3. The molecule has 11 heteroatoms. The number of hydrogen-bond acceptors (Lipinski definition) is 7. The third kappa shape index (κ3) is 5.53. The molecule has 0 unspecified atom stereocenters. The maximum Gasteiger partial charge on any atom is 0.412 e. The number of nitrogens with one attached hydrogen (secondary N) is 2. The van der Waals surface area contributed by atoms with Crippen LogP contribution in [0.4, 0.5) is 10.6 Å². The number of aromatic nitrogens is 3. The molecule has 2 heterocycles. The van der Waals surface area contributed by atoms with Gasteiger partial charge in [-0.15, -0.1) is 0 Å². The molecule has 32 heavy (non-hydrogen) atoms. The van der Waals surface area contributed by atoms with Gasteiger partial charge in [0.2, 0.25) is 10.0 Å². The zero-order chi connectivity index (χ0) is 23.5. The fraction of sp³-hybridized carbons (Fsp3) is 0.476. The van der Waals surface area contributed by atoms with Crippen molar-refractivity contribution in [2.24, 2.45) is 0 Å². The van der Waals surface area contributed by atoms with Crippen LogP contribution in [0.2, 0.25) is 0 Å². The van der Waals surface area contributed by atoms with E-state index in [0.717, 1.165) is 17.2 Å². The Morgan fingerprint density at radius 2 is 1.88 bits per heavy atom. The van der Waals surface area contributed by atoms with Gasteiger partial charge in [0.1, 0.15) is 17.9 Å². The van der Waals surface area contributed by atoms with E-state index in [-0.39, 0.29) is 25.6 Å². The first kappa shape index (κ1) is 23.9. The van der Waals surface area contributed by atoms with Crippen LogP contribution in [0.1, 0.15) is 33.5 Å². The van der Waals surface area contributed by atoms with E-state index >= 15 is 0 Å². The van der Waals surface area contributed by atoms with Gasteiger partial charge in [-0.3, -0.25) is 5.32 Å². The van der Waals surface area contributed by atoms with Gasteiger partial charge in [-0.05, 0) is 33.8 Å². The maximum atomic E-state index is 12.1. The Morgan fingerprint density at radius 3 is 2.53 bits per heavy atom. The molecule has 174 valence electrons. The Hall–Kier alpha value is -2.76. The van der Waals surface area contributed by atoms with E-state index in [1.54, 1.807) is 20.8 Å². The van der Waals surface area contributed by atoms with Crippen molar-refractivity contribution in [3.63, 3.8) is 0 Å². The fourth-order valence-corrected chi connectivity index (χ4v) is 4.70. The summed E-state index contributed by atoms with van der Waals surface area (Å²) in [4.78, 5) is 21.4. The number of benzene rings is 1. The molecule has 0 atom stereocenters. The number of amides is 1. The topological polar surface area (TPSA) is 124 Å². The summed E-state index contributed by atoms with van der Waals surface area (Å²) in [5.74, 6) is 0.859. The summed E-state index contributed by atoms with van der Waals surface area (Å²) in [6.07, 6.45) is 0.499. The van der Waals surface area contributed by atoms with Crippen LogP contribution in [0.5, 0.6) is 0 Å². The lowest BCUT2D eigenvalue weighted by molar-refractivity contribution is 0.125. The second kappa shape index (κ2) is 9.39. The molecule has 1 amide bonds. The van der Waals surface area contributed by atoms with Crippen molar-refractivity contribution in [3.8, 4) is 0 Å². The molecule has 0 spiro atoms. The molecule has 2 N–H and O–H groups in total. The number of anilines is 1. The van der Waals surface area contributed by atoms with E-state index in [9.17, 15) is 13.2 Å². The number of hydrogen-bond donors (Lipinski definition) is 2. The first-order chi connectivity index (χ1) is 15.0. The zero-order valence-corrected chi connectivity index (χ0v) is 19.7. The summed E-state index contributed by atoms with van der Waals surface area (Å²) in [6, 6.07) is 7.50. The van der Waals surface area contributed by atoms with Gasteiger partial charge in [0.05, 0.1) is 23.9 Å². The monoisotopic (exact) mass is 463 g/mol. The molecule has 3 aromatic rings. The summed E-state index contributed by atoms with van der Waals surface area (Å²) >= 11 is 0. The number of para-hydroxylation sites is 1. The predicted octanol–water partition coefficient (Wildman–Crippen LogP) is 3.02. The average molecular weight is 464 g/mol. The summed E-state index contributed by atoms with van der Waals surface area (Å²) < 4.78 is 39.1. The van der Waals surface area contributed by atoms with Gasteiger partial charge in [-0.25, -0.2) is 27.9 Å². The fourth-order valence-electron chi connectivity index (χ4n) is 3.64. The summed E-state index contributed by atoms with van der Waals surface area (Å²) in [7, 11) is -3.44. The molecule has 0 saturated carbocycles. The van der Waals surface area contributed by atoms with E-state index in [1.807, 2.05) is 35.8 Å². The Balaban J connectivity index is 2.25. The molecular formula is C21H29N5O5S. The molecule has 0 aliphatic carbocycles. The van der Waals surface area contributed by atoms with Crippen molar-refractivity contribution in [3.05, 3.63) is 30.1 Å². The molecule has 2 aromatic heterocycles. The highest BCUT2D eigenvalue weighted by molar-refractivity contribution is 7.88. The van der Waals surface area contributed by atoms with Crippen molar-refractivity contribution >= 4 is 43.9 Å². The minimum absolute atomic E-state index is 0.216. The average Bonchev–Trinajstić information content (AvgIpc) is 3.03. The van der Waals surface area contributed by atoms with E-state index in [2.05, 4.69) is 15.0 Å². The Morgan fingerprint density at radius 1 is 1.16 bits per heavy atom. The lowest BCUT2D eigenvalue weighted by atomic mass is 10.1. The van der Waals surface area contributed by atoms with Crippen molar-refractivity contribution in [1.29, 1.82) is 0 Å². The minimum atomic E-state index is -3.44. The first-order valence-corrected chi connectivity index (χ1v) is 12.2. The van der Waals surface area contributed by atoms with Gasteiger partial charge in [0.25, 0.3) is 0 Å². The summed E-state index contributed by atoms with van der Waals surface area (Å²) in [5.41, 5.74) is 1.04. The molecule has 0 fully saturated rings. The van der Waals surface area contributed by atoms with Gasteiger partial charge >= 0.3 is 6.09 Å². The van der Waals surface area contributed by atoms with E-state index in [1.165, 1.54) is 0 Å². The molecular weight excluding hydrogens is 434 g/mol. The van der Waals surface area contributed by atoms with Crippen LogP contribution >= 0.6 is 0 Å². The lowest BCUT2D eigenvalue weighted by Gasteiger charge is -2.27. The first-order valence-electron chi connectivity index (χ1n) is 10.3. The van der Waals surface area contributed by atoms with Gasteiger partial charge in [0, 0.05) is 24.1 Å². The number of carbonyl (C=O) groups excluding carboxylic acids is 1. The van der Waals surface area contributed by atoms with Crippen LogP contribution in [-0.2, 0) is 32.6 Å². The number of ether oxygens (including phenoxy) is 2. The summed E-state index contributed by atoms with van der Waals surface area (Å²) in [5, 5.41) is 3.50. The lowest BCUT2D eigenvalue weighted by Crippen LogP contribution is -2.46. The van der Waals surface area contributed by atoms with Crippen molar-refractivity contribution in [2.45, 2.75) is 46.4 Å². The Bertz CT molecular complexity index is 1240. The molecule has 0 bridgehead atoms. The molecule has 1 aromatic carbocycles. The molecule has 0 saturated heterocycles. The number of sulfonamides is 1. The zero-order valence-electron chi connectivity index (χ0n) is 18.9. The molecule has 0 aliphatic rings. The Kier molecular flexibility index (Phi) is 7.01. The number of imidazole rings is 1. The molecule has 10 nitrogen and oxygen atoms in total. The van der Waals surface area contributed by atoms with Crippen molar-refractivity contribution in [1.82, 2.24) is 19.3 Å². The third-order valence-electron chi connectivity index (χ3n) is 4.61. The highest BCUT2D eigenvalue weighted by Gasteiger charge is 2.27. The van der Waals surface area contributed by atoms with E-state index < -0.39 is 21.7 Å². The van der Waals surface area contributed by atoms with Crippen LogP contribution in [0, 0.1) is 0 Å². The minimum Gasteiger partial charge on any atom is -0.450 e. The van der Waals surface area contributed by atoms with Gasteiger partial charge < -0.3 is 14.0 Å². The summed E-state index contributed by atoms with van der Waals surface area (Å²) in [6.45, 7) is 8.40.